The Labute approximate surface area is 785 Å². The number of aromatic amines is 1. The highest BCUT2D eigenvalue weighted by molar-refractivity contribution is 8.76. The summed E-state index contributed by atoms with van der Waals surface area (Å²) in [4.78, 5) is 210. The van der Waals surface area contributed by atoms with Gasteiger partial charge in [-0.25, -0.2) is 25.0 Å². The molecule has 2 saturated heterocycles. The van der Waals surface area contributed by atoms with Crippen molar-refractivity contribution in [3.05, 3.63) is 128 Å². The zero-order chi connectivity index (χ0) is 97.9. The van der Waals surface area contributed by atoms with Gasteiger partial charge in [0.05, 0.1) is 99.5 Å². The van der Waals surface area contributed by atoms with E-state index in [-0.39, 0.29) is 88.3 Å². The first-order chi connectivity index (χ1) is 64.2. The van der Waals surface area contributed by atoms with Crippen molar-refractivity contribution in [1.29, 1.82) is 5.41 Å². The number of methoxy groups -OCH3 is 2. The fraction of sp³-hybridized carbons (Fsp3) is 0.533. The number of carboxylic acids is 5. The number of anilines is 3. The molecule has 1 unspecified atom stereocenters. The van der Waals surface area contributed by atoms with E-state index in [9.17, 15) is 103 Å². The monoisotopic (exact) mass is 1920 g/mol. The predicted octanol–water partition coefficient (Wildman–Crippen LogP) is 2.35. The van der Waals surface area contributed by atoms with Gasteiger partial charge in [0.15, 0.2) is 34.3 Å². The molecule has 3 fully saturated rings. The molecule has 5 aliphatic heterocycles. The number of esters is 1. The van der Waals surface area contributed by atoms with E-state index in [0.717, 1.165) is 43.9 Å². The van der Waals surface area contributed by atoms with Crippen molar-refractivity contribution < 1.29 is 125 Å². The number of likely N-dealkylation sites (N-methyl/N-ethyl adjacent to an activating group) is 1. The number of ketones is 2. The van der Waals surface area contributed by atoms with Crippen LogP contribution in [0.15, 0.2) is 89.4 Å². The van der Waals surface area contributed by atoms with Crippen molar-refractivity contribution in [3.8, 4) is 5.75 Å². The van der Waals surface area contributed by atoms with Gasteiger partial charge in [-0.2, -0.15) is 4.98 Å². The number of nitrogen functional groups attached to an aromatic ring is 1. The summed E-state index contributed by atoms with van der Waals surface area (Å²) < 4.78 is 17.9. The molecule has 5 amide bonds. The van der Waals surface area contributed by atoms with Crippen LogP contribution in [0.5, 0.6) is 5.75 Å². The van der Waals surface area contributed by atoms with Gasteiger partial charge < -0.3 is 103 Å². The molecule has 0 radical (unpaired) electrons. The van der Waals surface area contributed by atoms with Crippen molar-refractivity contribution >= 4 is 139 Å². The number of guanidine groups is 1. The maximum atomic E-state index is 15.7. The van der Waals surface area contributed by atoms with Crippen molar-refractivity contribution in [2.75, 3.05) is 94.6 Å². The molecule has 45 heteroatoms. The molecule has 7 aliphatic rings. The molecule has 2 bridgehead atoms. The van der Waals surface area contributed by atoms with E-state index in [4.69, 9.17) is 31.1 Å². The number of hydrogen-bond donors (Lipinski definition) is 20. The molecule has 3 aromatic carbocycles. The summed E-state index contributed by atoms with van der Waals surface area (Å²) in [5.41, 5.74) is 13.7. The summed E-state index contributed by atoms with van der Waals surface area (Å²) in [5, 5.41) is 121. The average Bonchev–Trinajstić information content (AvgIpc) is 1.48. The van der Waals surface area contributed by atoms with Gasteiger partial charge in [0, 0.05) is 112 Å². The van der Waals surface area contributed by atoms with Gasteiger partial charge in [0.1, 0.15) is 29.9 Å². The van der Waals surface area contributed by atoms with Crippen molar-refractivity contribution in [2.24, 2.45) is 34.8 Å². The first-order valence-corrected chi connectivity index (χ1v) is 47.0. The van der Waals surface area contributed by atoms with Crippen LogP contribution >= 0.6 is 21.6 Å². The Morgan fingerprint density at radius 1 is 0.770 bits per heavy atom. The molecule has 732 valence electrons. The molecule has 12 rings (SSSR count). The number of aliphatic hydroxyl groups excluding tert-OH is 2. The first-order valence-electron chi connectivity index (χ1n) is 44.5. The summed E-state index contributed by atoms with van der Waals surface area (Å²) >= 11 is 0. The number of ether oxygens (including phenoxy) is 3. The van der Waals surface area contributed by atoms with E-state index in [0.29, 0.717) is 98.8 Å². The van der Waals surface area contributed by atoms with E-state index < -0.39 is 228 Å². The second-order valence-electron chi connectivity index (χ2n) is 35.6. The lowest BCUT2D eigenvalue weighted by Crippen LogP contribution is -2.82. The zero-order valence-corrected chi connectivity index (χ0v) is 76.7. The number of aromatic nitrogens is 4. The summed E-state index contributed by atoms with van der Waals surface area (Å²) in [7, 11) is 6.47. The highest BCUT2D eigenvalue weighted by Crippen LogP contribution is 2.68. The highest BCUT2D eigenvalue weighted by Gasteiger charge is 2.79. The number of H-pyrrole nitrogens is 1. The quantitative estimate of drug-likeness (QED) is 0.00506. The molecule has 43 nitrogen and oxygen atoms in total. The van der Waals surface area contributed by atoms with Crippen LogP contribution in [-0.2, 0) is 86.0 Å². The van der Waals surface area contributed by atoms with Crippen LogP contribution in [0.2, 0.25) is 0 Å². The number of carboxylic acid groups (broad SMARTS) is 5. The molecule has 1 saturated carbocycles. The summed E-state index contributed by atoms with van der Waals surface area (Å²) in [5.74, 6) is -21.3. The average molecular weight is 1920 g/mol. The SMILES string of the molecule is CC[C@]1(O)C[C@H]2CN(CCC3=C(Cc4ccccc43)[C@@](C(=O)OC)(c3cc4c(cc3OC)N(C)[C@H]3[C@@](O)(C(=O)NNC(=O)OCCSSC[C@H](CC(=O)[C@H](CC(=O)O)NC(=O)[C@H](CC(=O)O)CC(=O)[C@H](CCCNC(=N)N)NC(=O)[C@@H](CC(=O)O)C[C@@H](O)CC[C@@H](NC(=O)c5ccc(NCc6cnc7nc(N)[nH]c(=O)c7n6)cc5)C(=O)O)C(=O)O)[C@H](O)[C@]5(CC)C=CCN6CC[C@]43[C@@H]65)C2)C1.[2HH].[2HH]. The third kappa shape index (κ3) is 21.9. The number of piperidine rings is 1. The highest BCUT2D eigenvalue weighted by atomic mass is 33.1. The number of nitrogens with two attached hydrogens (primary N) is 2. The second kappa shape index (κ2) is 43.1. The van der Waals surface area contributed by atoms with E-state index in [2.05, 4.69) is 79.3 Å². The van der Waals surface area contributed by atoms with Gasteiger partial charge in [-0.3, -0.25) is 83.2 Å². The third-order valence-corrected chi connectivity index (χ3v) is 29.7. The van der Waals surface area contributed by atoms with Crippen molar-refractivity contribution in [3.63, 3.8) is 0 Å². The first kappa shape index (κ1) is 102. The summed E-state index contributed by atoms with van der Waals surface area (Å²) in [6.45, 7) is 6.07. The summed E-state index contributed by atoms with van der Waals surface area (Å²) in [6, 6.07) is 10.5. The Morgan fingerprint density at radius 3 is 2.15 bits per heavy atom. The number of hydrogen-bond acceptors (Lipinski definition) is 32. The van der Waals surface area contributed by atoms with E-state index in [1.807, 2.05) is 50.3 Å². The maximum absolute atomic E-state index is 15.7. The Balaban J connectivity index is 0.00000969. The molecule has 17 atom stereocenters. The number of hydrazine groups is 1. The molecule has 2 aliphatic carbocycles. The Bertz CT molecular complexity index is 5550. The lowest BCUT2D eigenvalue weighted by atomic mass is 9.47. The van der Waals surface area contributed by atoms with Crippen LogP contribution in [0.3, 0.4) is 0 Å². The van der Waals surface area contributed by atoms with Crippen LogP contribution in [-0.4, -0.2) is 291 Å². The summed E-state index contributed by atoms with van der Waals surface area (Å²) in [6.07, 6.45) is -3.99. The number of carbonyl (C=O) groups excluding carboxylic acids is 8. The number of amides is 5. The van der Waals surface area contributed by atoms with E-state index in [1.165, 1.54) is 44.7 Å². The van der Waals surface area contributed by atoms with Gasteiger partial charge >= 0.3 is 41.9 Å². The Kier molecular flexibility index (Phi) is 32.4. The van der Waals surface area contributed by atoms with Gasteiger partial charge in [0.25, 0.3) is 17.4 Å². The number of nitrogens with zero attached hydrogens (tertiary/aromatic N) is 6. The number of carbonyl (C=O) groups is 13. The van der Waals surface area contributed by atoms with Gasteiger partial charge in [-0.15, -0.1) is 0 Å². The molecule has 1 spiro atoms. The number of Topliss-reactive ketones (excluding diaryl/α,β-unsaturated/α-hetero) is 2. The fourth-order valence-corrected chi connectivity index (χ4v) is 23.2. The van der Waals surface area contributed by atoms with Crippen LogP contribution in [0.4, 0.5) is 22.1 Å². The van der Waals surface area contributed by atoms with Crippen LogP contribution in [0, 0.1) is 34.5 Å². The largest absolute Gasteiger partial charge is 0.496 e. The minimum Gasteiger partial charge on any atom is -0.496 e. The topological polar surface area (TPSA) is 673 Å². The number of aliphatic hydroxyl groups is 4. The molecule has 2 aromatic heterocycles. The maximum Gasteiger partial charge on any atom is 0.426 e. The van der Waals surface area contributed by atoms with Gasteiger partial charge in [0.2, 0.25) is 17.8 Å². The molecule has 7 heterocycles. The number of nitrogens with one attached hydrogen (secondary N) is 9. The molecule has 5 aromatic rings. The van der Waals surface area contributed by atoms with Gasteiger partial charge in [-0.1, -0.05) is 71.9 Å². The van der Waals surface area contributed by atoms with Crippen molar-refractivity contribution in [1.82, 2.24) is 61.9 Å². The normalized spacial score (nSPS) is 24.4. The van der Waals surface area contributed by atoms with Gasteiger partial charge in [-0.05, 0) is 148 Å². The van der Waals surface area contributed by atoms with Crippen LogP contribution in [0.1, 0.15) is 158 Å². The predicted molar refractivity (Wildman–Crippen MR) is 493 cm³/mol. The zero-order valence-electron chi connectivity index (χ0n) is 75.1. The molecule has 135 heavy (non-hydrogen) atoms. The minimum absolute atomic E-state index is 0. The van der Waals surface area contributed by atoms with E-state index in [1.54, 1.807) is 11.9 Å². The standard InChI is InChI=1S/C90H115N17O26S2.2H2/c1-6-86(129)39-46-40-89(82(127)132-5,57-31-48-12-8-9-13-55(48)56(57)21-26-106(43-46)45-86)59-36-58-63(38-66(59)131-4)105(3)79-88(58)23-27-107-25-11-22-87(7-2,78(88)107)80(125)90(79,130)81(126)103-104-85(128)133-28-29-134-135-44-51(76(121)122)33-65(110)62(37-69(115)116)100-74(119)50(35-68(113)114)32-64(109)60(14-10-24-94-83(91)92)98-73(118)49(34-67(111)112)30-54(108)19-20-61(77(123)124)99-72(117)47-15-17-52(18-16-47)95-41-53-42-96-71-70(97-53)75(120)102-84(93)101-71;;/h8-9,11-13,15-18,22,36,38,42,46,49-51,54,60-62,78-80,95,108,125,129-130H,6-7,10,14,19-21,23-35,37,39-41,43-45H2,1-5H3,(H,98,118)(H,99,117)(H,100,119)(H,103,126)(H,104,128)(H,111,112)(H,113,114)(H,115,116)(H,121,122)(H,123,124)(H4,91,92,94)(H3,93,96,101,102,120);2*1H/t46-,49-,50+,51+,54+,60+,61-,62+,78+,79-,80-,86+,87-,88-,89-,90+;;/m1../s1/i;2*1+1. The lowest BCUT2D eigenvalue weighted by molar-refractivity contribution is -0.204. The molecular weight excluding hydrogens is 1800 g/mol. The van der Waals surface area contributed by atoms with Crippen LogP contribution in [0.25, 0.3) is 16.7 Å². The Morgan fingerprint density at radius 2 is 1.47 bits per heavy atom. The lowest BCUT2D eigenvalue weighted by Gasteiger charge is -2.63. The molecule has 22 N–H and O–H groups in total. The third-order valence-electron chi connectivity index (χ3n) is 27.2. The number of rotatable bonds is 44. The number of fused-ring (bicyclic) bond motifs is 6. The van der Waals surface area contributed by atoms with E-state index >= 15 is 9.59 Å². The number of benzene rings is 3. The smallest absolute Gasteiger partial charge is 0.426 e. The second-order valence-corrected chi connectivity index (χ2v) is 38.3. The molecular formula is C90H119N17O26S2. The minimum atomic E-state index is -2.73. The fourth-order valence-electron chi connectivity index (χ4n) is 21.1. The van der Waals surface area contributed by atoms with Crippen molar-refractivity contribution in [2.45, 2.75) is 194 Å². The number of aliphatic carboxylic acids is 5. The Hall–Kier alpha value is -12.4. The van der Waals surface area contributed by atoms with Crippen LogP contribution < -0.4 is 64.1 Å².